The van der Waals surface area contributed by atoms with Gasteiger partial charge in [0.1, 0.15) is 5.82 Å². The summed E-state index contributed by atoms with van der Waals surface area (Å²) in [6.07, 6.45) is 1.97. The number of rotatable bonds is 6. The van der Waals surface area contributed by atoms with Gasteiger partial charge in [-0.25, -0.2) is 12.8 Å². The van der Waals surface area contributed by atoms with Gasteiger partial charge in [0.15, 0.2) is 15.8 Å². The van der Waals surface area contributed by atoms with Crippen LogP contribution in [0.2, 0.25) is 0 Å². The lowest BCUT2D eigenvalue weighted by Gasteiger charge is -2.35. The van der Waals surface area contributed by atoms with E-state index in [0.717, 1.165) is 31.6 Å². The maximum Gasteiger partial charge on any atom is 0.191 e. The minimum atomic E-state index is -3.20. The van der Waals surface area contributed by atoms with Crippen LogP contribution in [0.1, 0.15) is 40.5 Å². The van der Waals surface area contributed by atoms with Gasteiger partial charge in [0.25, 0.3) is 0 Å². The van der Waals surface area contributed by atoms with E-state index in [1.54, 1.807) is 32.9 Å². The number of piperidine rings is 1. The van der Waals surface area contributed by atoms with E-state index in [0.29, 0.717) is 12.5 Å². The van der Waals surface area contributed by atoms with E-state index in [-0.39, 0.29) is 24.2 Å². The van der Waals surface area contributed by atoms with Crippen molar-refractivity contribution in [2.45, 2.75) is 51.3 Å². The average Bonchev–Trinajstić information content (AvgIpc) is 2.61. The molecule has 2 rings (SSSR count). The van der Waals surface area contributed by atoms with Crippen molar-refractivity contribution in [2.75, 3.05) is 36.8 Å². The Labute approximate surface area is 168 Å². The van der Waals surface area contributed by atoms with Crippen LogP contribution in [0.3, 0.4) is 0 Å². The van der Waals surface area contributed by atoms with Crippen LogP contribution >= 0.6 is 0 Å². The minimum absolute atomic E-state index is 0.0210. The highest BCUT2D eigenvalue weighted by atomic mass is 32.2. The van der Waals surface area contributed by atoms with Crippen molar-refractivity contribution in [1.82, 2.24) is 10.6 Å². The number of nitrogens with one attached hydrogen (secondary N) is 2. The lowest BCUT2D eigenvalue weighted by atomic mass is 10.0. The molecular weight excluding hydrogens is 379 g/mol. The van der Waals surface area contributed by atoms with Crippen molar-refractivity contribution in [2.24, 2.45) is 4.99 Å². The molecule has 1 aromatic carbocycles. The molecule has 0 bridgehead atoms. The van der Waals surface area contributed by atoms with Crippen molar-refractivity contribution in [3.63, 3.8) is 0 Å². The van der Waals surface area contributed by atoms with Gasteiger partial charge in [-0.05, 0) is 58.7 Å². The first-order chi connectivity index (χ1) is 13.1. The number of guanidine groups is 1. The lowest BCUT2D eigenvalue weighted by Crippen LogP contribution is -2.51. The number of anilines is 1. The van der Waals surface area contributed by atoms with Gasteiger partial charge >= 0.3 is 0 Å². The van der Waals surface area contributed by atoms with Crippen LogP contribution in [0.25, 0.3) is 0 Å². The molecule has 0 amide bonds. The summed E-state index contributed by atoms with van der Waals surface area (Å²) in [5, 5.41) is 6.59. The molecule has 8 heteroatoms. The van der Waals surface area contributed by atoms with Crippen LogP contribution in [-0.4, -0.2) is 57.1 Å². The number of benzene rings is 1. The van der Waals surface area contributed by atoms with Crippen LogP contribution in [0.4, 0.5) is 10.1 Å². The molecule has 2 N–H and O–H groups in total. The Morgan fingerprint density at radius 1 is 1.36 bits per heavy atom. The summed E-state index contributed by atoms with van der Waals surface area (Å²) >= 11 is 0. The second-order valence-electron chi connectivity index (χ2n) is 8.10. The monoisotopic (exact) mass is 412 g/mol. The highest BCUT2D eigenvalue weighted by Crippen LogP contribution is 2.21. The molecule has 0 radical (unpaired) electrons. The predicted molar refractivity (Wildman–Crippen MR) is 114 cm³/mol. The fourth-order valence-electron chi connectivity index (χ4n) is 3.10. The van der Waals surface area contributed by atoms with Crippen LogP contribution < -0.4 is 15.5 Å². The van der Waals surface area contributed by atoms with Gasteiger partial charge in [0, 0.05) is 31.4 Å². The Hall–Kier alpha value is -1.83. The van der Waals surface area contributed by atoms with Gasteiger partial charge in [-0.1, -0.05) is 6.07 Å². The molecule has 28 heavy (non-hydrogen) atoms. The molecule has 1 atom stereocenters. The fourth-order valence-corrected chi connectivity index (χ4v) is 4.04. The van der Waals surface area contributed by atoms with Crippen LogP contribution in [-0.2, 0) is 9.84 Å². The van der Waals surface area contributed by atoms with Crippen molar-refractivity contribution in [3.05, 3.63) is 30.1 Å². The van der Waals surface area contributed by atoms with E-state index in [1.165, 1.54) is 6.07 Å². The first-order valence-corrected chi connectivity index (χ1v) is 11.6. The molecule has 1 unspecified atom stereocenters. The minimum Gasteiger partial charge on any atom is -0.369 e. The number of hydrogen-bond acceptors (Lipinski definition) is 4. The summed E-state index contributed by atoms with van der Waals surface area (Å²) in [5.74, 6) is 0.410. The van der Waals surface area contributed by atoms with E-state index in [9.17, 15) is 12.8 Å². The number of nitrogens with zero attached hydrogens (tertiary/aromatic N) is 2. The average molecular weight is 413 g/mol. The Bertz CT molecular complexity index is 775. The molecule has 158 valence electrons. The summed E-state index contributed by atoms with van der Waals surface area (Å²) < 4.78 is 37.3. The van der Waals surface area contributed by atoms with Gasteiger partial charge in [0.05, 0.1) is 17.0 Å². The van der Waals surface area contributed by atoms with E-state index in [2.05, 4.69) is 20.5 Å². The molecule has 1 aliphatic heterocycles. The fraction of sp³-hybridized carbons (Fsp3) is 0.650. The van der Waals surface area contributed by atoms with Gasteiger partial charge in [-0.15, -0.1) is 0 Å². The number of sulfone groups is 1. The van der Waals surface area contributed by atoms with E-state index >= 15 is 0 Å². The van der Waals surface area contributed by atoms with Gasteiger partial charge in [-0.2, -0.15) is 0 Å². The highest BCUT2D eigenvalue weighted by molar-refractivity contribution is 7.92. The Morgan fingerprint density at radius 2 is 2.11 bits per heavy atom. The third-order valence-corrected chi connectivity index (χ3v) is 7.43. The van der Waals surface area contributed by atoms with Crippen molar-refractivity contribution >= 4 is 21.5 Å². The smallest absolute Gasteiger partial charge is 0.191 e. The second kappa shape index (κ2) is 9.58. The quantitative estimate of drug-likeness (QED) is 0.555. The first-order valence-electron chi connectivity index (χ1n) is 9.90. The number of halogens is 1. The van der Waals surface area contributed by atoms with Crippen LogP contribution in [0, 0.1) is 5.82 Å². The summed E-state index contributed by atoms with van der Waals surface area (Å²) in [7, 11) is -3.20. The summed E-state index contributed by atoms with van der Waals surface area (Å²) in [6, 6.07) is 6.81. The number of aliphatic imine (C=N–C) groups is 1. The van der Waals surface area contributed by atoms with E-state index in [4.69, 9.17) is 0 Å². The number of hydrogen-bond donors (Lipinski definition) is 2. The zero-order valence-corrected chi connectivity index (χ0v) is 18.2. The Morgan fingerprint density at radius 3 is 2.75 bits per heavy atom. The third kappa shape index (κ3) is 6.36. The second-order valence-corrected chi connectivity index (χ2v) is 11.0. The molecule has 1 saturated heterocycles. The third-order valence-electron chi connectivity index (χ3n) is 4.84. The van der Waals surface area contributed by atoms with Gasteiger partial charge < -0.3 is 15.5 Å². The van der Waals surface area contributed by atoms with Crippen LogP contribution in [0.15, 0.2) is 29.3 Å². The predicted octanol–water partition coefficient (Wildman–Crippen LogP) is 2.56. The molecular formula is C20H33FN4O2S. The summed E-state index contributed by atoms with van der Waals surface area (Å²) in [5.41, 5.74) is 0.879. The first kappa shape index (κ1) is 22.5. The maximum absolute atomic E-state index is 13.5. The molecule has 1 aromatic rings. The molecule has 1 heterocycles. The molecule has 0 saturated carbocycles. The standard InChI is InChI=1S/C20H33FN4O2S/c1-5-22-19(23-11-13-28(26,27)20(2,3)4)24-17-9-7-12-25(15-17)18-10-6-8-16(21)14-18/h6,8,10,14,17H,5,7,9,11-13,15H2,1-4H3,(H2,22,23,24). The summed E-state index contributed by atoms with van der Waals surface area (Å²) in [6.45, 7) is 9.64. The highest BCUT2D eigenvalue weighted by Gasteiger charge is 2.28. The molecule has 1 fully saturated rings. The summed E-state index contributed by atoms with van der Waals surface area (Å²) in [4.78, 5) is 6.62. The lowest BCUT2D eigenvalue weighted by molar-refractivity contribution is 0.467. The van der Waals surface area contributed by atoms with Crippen molar-refractivity contribution < 1.29 is 12.8 Å². The zero-order chi connectivity index (χ0) is 20.8. The Balaban J connectivity index is 1.99. The van der Waals surface area contributed by atoms with Crippen LogP contribution in [0.5, 0.6) is 0 Å². The Kier molecular flexibility index (Phi) is 7.69. The van der Waals surface area contributed by atoms with Gasteiger partial charge in [0.2, 0.25) is 0 Å². The van der Waals surface area contributed by atoms with Crippen molar-refractivity contribution in [3.8, 4) is 0 Å². The topological polar surface area (TPSA) is 73.8 Å². The molecule has 1 aliphatic rings. The molecule has 0 aliphatic carbocycles. The van der Waals surface area contributed by atoms with Crippen molar-refractivity contribution in [1.29, 1.82) is 0 Å². The largest absolute Gasteiger partial charge is 0.369 e. The molecule has 6 nitrogen and oxygen atoms in total. The maximum atomic E-state index is 13.5. The molecule has 0 spiro atoms. The molecule has 0 aromatic heterocycles. The van der Waals surface area contributed by atoms with Gasteiger partial charge in [-0.3, -0.25) is 4.99 Å². The SMILES string of the molecule is CCNC(=NCCS(=O)(=O)C(C)(C)C)NC1CCCN(c2cccc(F)c2)C1. The van der Waals surface area contributed by atoms with E-state index in [1.807, 2.05) is 13.0 Å². The van der Waals surface area contributed by atoms with E-state index < -0.39 is 14.6 Å². The zero-order valence-electron chi connectivity index (χ0n) is 17.3. The normalized spacial score (nSPS) is 18.8.